The summed E-state index contributed by atoms with van der Waals surface area (Å²) in [6, 6.07) is 0. The van der Waals surface area contributed by atoms with Crippen LogP contribution in [-0.4, -0.2) is 63.7 Å². The Bertz CT molecular complexity index is 606. The predicted octanol–water partition coefficient (Wildman–Crippen LogP) is 5.08. The van der Waals surface area contributed by atoms with E-state index in [1.807, 2.05) is 14.1 Å². The molecule has 0 bridgehead atoms. The number of rotatable bonds is 23. The molecular weight excluding hydrogens is 440 g/mol. The van der Waals surface area contributed by atoms with Crippen molar-refractivity contribution in [2.75, 3.05) is 40.3 Å². The number of carbonyl (C=O) groups excluding carboxylic acids is 1. The summed E-state index contributed by atoms with van der Waals surface area (Å²) in [4.78, 5) is 11.9. The summed E-state index contributed by atoms with van der Waals surface area (Å²) in [6.07, 6.45) is 22.3. The second-order valence-electron chi connectivity index (χ2n) is 9.65. The van der Waals surface area contributed by atoms with E-state index in [1.165, 1.54) is 70.6 Å². The Hall–Kier alpha value is -0.960. The fourth-order valence-corrected chi connectivity index (χ4v) is 3.96. The molecule has 0 spiro atoms. The molecule has 0 rings (SSSR count). The van der Waals surface area contributed by atoms with E-state index in [1.54, 1.807) is 0 Å². The first-order chi connectivity index (χ1) is 15.7. The average Bonchev–Trinajstić information content (AvgIpc) is 2.73. The van der Waals surface area contributed by atoms with Crippen molar-refractivity contribution in [1.29, 1.82) is 0 Å². The van der Waals surface area contributed by atoms with E-state index in [4.69, 9.17) is 0 Å². The number of carbonyl (C=O) groups is 1. The van der Waals surface area contributed by atoms with Crippen LogP contribution in [-0.2, 0) is 19.4 Å². The summed E-state index contributed by atoms with van der Waals surface area (Å²) in [5.41, 5.74) is 0. The van der Waals surface area contributed by atoms with E-state index in [0.717, 1.165) is 25.8 Å². The first-order valence-corrected chi connectivity index (χ1v) is 14.3. The molecule has 1 amide bonds. The van der Waals surface area contributed by atoms with Crippen LogP contribution in [0.3, 0.4) is 0 Å². The topological polar surface area (TPSA) is 95.5 Å². The van der Waals surface area contributed by atoms with Crippen LogP contribution >= 0.6 is 0 Å². The zero-order valence-electron chi connectivity index (χ0n) is 21.5. The van der Waals surface area contributed by atoms with Gasteiger partial charge in [-0.1, -0.05) is 70.4 Å². The molecule has 33 heavy (non-hydrogen) atoms. The largest absolute Gasteiger partial charge is 0.726 e. The van der Waals surface area contributed by atoms with Crippen molar-refractivity contribution in [3.05, 3.63) is 12.2 Å². The number of unbranched alkanes of at least 4 members (excludes halogenated alkanes) is 11. The van der Waals surface area contributed by atoms with Gasteiger partial charge in [0.05, 0.1) is 20.6 Å². The van der Waals surface area contributed by atoms with E-state index >= 15 is 0 Å². The van der Waals surface area contributed by atoms with E-state index in [9.17, 15) is 17.8 Å². The van der Waals surface area contributed by atoms with Crippen molar-refractivity contribution in [1.82, 2.24) is 5.32 Å². The molecular formula is C25H50N2O5S. The summed E-state index contributed by atoms with van der Waals surface area (Å²) < 4.78 is 36.2. The van der Waals surface area contributed by atoms with Gasteiger partial charge in [0.2, 0.25) is 16.3 Å². The lowest BCUT2D eigenvalue weighted by atomic mass is 10.1. The van der Waals surface area contributed by atoms with Gasteiger partial charge in [-0.2, -0.15) is 0 Å². The van der Waals surface area contributed by atoms with Crippen molar-refractivity contribution in [2.45, 2.75) is 103 Å². The van der Waals surface area contributed by atoms with Crippen LogP contribution in [0, 0.1) is 0 Å². The van der Waals surface area contributed by atoms with Gasteiger partial charge < -0.3 is 14.4 Å². The molecule has 0 fully saturated rings. The minimum absolute atomic E-state index is 0.0960. The molecule has 8 heteroatoms. The monoisotopic (exact) mass is 490 g/mol. The standard InChI is InChI=1S/C25H50N2O5S/c1-4-5-6-7-8-9-10-11-12-13-14-15-16-17-18-20-25(28)26-21-19-22-27(2,3)23-24-32-33(29,30)31/h11-12H,4-10,13-24H2,1-3H3,(H-,26,28,29,30,31). The lowest BCUT2D eigenvalue weighted by Gasteiger charge is -2.29. The third kappa shape index (κ3) is 25.5. The van der Waals surface area contributed by atoms with Gasteiger partial charge in [-0.3, -0.25) is 8.98 Å². The van der Waals surface area contributed by atoms with Gasteiger partial charge in [-0.25, -0.2) is 8.42 Å². The summed E-state index contributed by atoms with van der Waals surface area (Å²) in [5, 5.41) is 2.95. The van der Waals surface area contributed by atoms with Crippen molar-refractivity contribution < 1.29 is 26.4 Å². The van der Waals surface area contributed by atoms with E-state index in [-0.39, 0.29) is 12.5 Å². The van der Waals surface area contributed by atoms with Crippen LogP contribution in [0.15, 0.2) is 12.2 Å². The molecule has 0 aromatic heterocycles. The first-order valence-electron chi connectivity index (χ1n) is 13.0. The van der Waals surface area contributed by atoms with Crippen LogP contribution in [0.1, 0.15) is 103 Å². The molecule has 0 aromatic rings. The number of amides is 1. The Morgan fingerprint density at radius 1 is 0.848 bits per heavy atom. The number of allylic oxidation sites excluding steroid dienone is 2. The molecule has 196 valence electrons. The molecule has 7 nitrogen and oxygen atoms in total. The molecule has 0 heterocycles. The fraction of sp³-hybridized carbons (Fsp3) is 0.880. The van der Waals surface area contributed by atoms with Gasteiger partial charge in [0.1, 0.15) is 13.2 Å². The highest BCUT2D eigenvalue weighted by Crippen LogP contribution is 2.10. The average molecular weight is 491 g/mol. The highest BCUT2D eigenvalue weighted by Gasteiger charge is 2.15. The number of nitrogens with zero attached hydrogens (tertiary/aromatic N) is 1. The van der Waals surface area contributed by atoms with Crippen molar-refractivity contribution in [2.24, 2.45) is 0 Å². The van der Waals surface area contributed by atoms with Gasteiger partial charge in [-0.15, -0.1) is 0 Å². The van der Waals surface area contributed by atoms with Crippen LogP contribution in [0.4, 0.5) is 0 Å². The van der Waals surface area contributed by atoms with Crippen LogP contribution in [0.25, 0.3) is 0 Å². The molecule has 0 saturated heterocycles. The van der Waals surface area contributed by atoms with Crippen molar-refractivity contribution in [3.8, 4) is 0 Å². The minimum atomic E-state index is -4.63. The molecule has 0 saturated carbocycles. The summed E-state index contributed by atoms with van der Waals surface area (Å²) in [5.74, 6) is 0.0960. The lowest BCUT2D eigenvalue weighted by Crippen LogP contribution is -2.44. The second kappa shape index (κ2) is 20.4. The van der Waals surface area contributed by atoms with Gasteiger partial charge in [0, 0.05) is 19.4 Å². The minimum Gasteiger partial charge on any atom is -0.726 e. The SMILES string of the molecule is CCCCCCCCC=CCCCCCCCC(=O)NCCC[N+](C)(C)CCOS(=O)(=O)[O-]. The molecule has 0 aliphatic carbocycles. The summed E-state index contributed by atoms with van der Waals surface area (Å²) in [7, 11) is -0.752. The molecule has 0 radical (unpaired) electrons. The Morgan fingerprint density at radius 2 is 1.39 bits per heavy atom. The number of quaternary nitrogens is 1. The van der Waals surface area contributed by atoms with E-state index in [2.05, 4.69) is 28.6 Å². The zero-order chi connectivity index (χ0) is 24.8. The van der Waals surface area contributed by atoms with Crippen molar-refractivity contribution >= 4 is 16.3 Å². The Kier molecular flexibility index (Phi) is 19.8. The molecule has 0 aromatic carbocycles. The maximum atomic E-state index is 11.9. The Morgan fingerprint density at radius 3 is 1.97 bits per heavy atom. The second-order valence-corrected chi connectivity index (χ2v) is 10.7. The molecule has 0 aliphatic rings. The van der Waals surface area contributed by atoms with Crippen LogP contribution < -0.4 is 5.32 Å². The first kappa shape index (κ1) is 32.0. The van der Waals surface area contributed by atoms with Gasteiger partial charge in [-0.05, 0) is 32.1 Å². The highest BCUT2D eigenvalue weighted by molar-refractivity contribution is 7.80. The maximum Gasteiger partial charge on any atom is 0.219 e. The number of hydrogen-bond acceptors (Lipinski definition) is 5. The highest BCUT2D eigenvalue weighted by atomic mass is 32.3. The van der Waals surface area contributed by atoms with Crippen molar-refractivity contribution in [3.63, 3.8) is 0 Å². The van der Waals surface area contributed by atoms with Gasteiger partial charge >= 0.3 is 0 Å². The Balaban J connectivity index is 3.48. The summed E-state index contributed by atoms with van der Waals surface area (Å²) in [6.45, 7) is 3.91. The fourth-order valence-electron chi connectivity index (χ4n) is 3.68. The molecule has 0 unspecified atom stereocenters. The van der Waals surface area contributed by atoms with Gasteiger partial charge in [0.15, 0.2) is 0 Å². The normalized spacial score (nSPS) is 12.5. The predicted molar refractivity (Wildman–Crippen MR) is 135 cm³/mol. The maximum absolute atomic E-state index is 11.9. The number of nitrogens with one attached hydrogen (secondary N) is 1. The van der Waals surface area contributed by atoms with E-state index < -0.39 is 10.4 Å². The molecule has 0 atom stereocenters. The molecule has 0 aliphatic heterocycles. The quantitative estimate of drug-likeness (QED) is 0.0708. The number of hydrogen-bond donors (Lipinski definition) is 1. The third-order valence-corrected chi connectivity index (χ3v) is 6.31. The van der Waals surface area contributed by atoms with Crippen LogP contribution in [0.5, 0.6) is 0 Å². The lowest BCUT2D eigenvalue weighted by molar-refractivity contribution is -0.890. The third-order valence-electron chi connectivity index (χ3n) is 5.85. The zero-order valence-corrected chi connectivity index (χ0v) is 22.3. The number of likely N-dealkylation sites (N-methyl/N-ethyl adjacent to an activating group) is 1. The van der Waals surface area contributed by atoms with Gasteiger partial charge in [0.25, 0.3) is 0 Å². The van der Waals surface area contributed by atoms with Crippen LogP contribution in [0.2, 0.25) is 0 Å². The summed E-state index contributed by atoms with van der Waals surface area (Å²) >= 11 is 0. The molecule has 1 N–H and O–H groups in total. The smallest absolute Gasteiger partial charge is 0.219 e. The van der Waals surface area contributed by atoms with E-state index in [0.29, 0.717) is 24.0 Å². The Labute approximate surface area is 203 Å².